The largest absolute Gasteiger partial charge is 0.465 e. The van der Waals surface area contributed by atoms with Gasteiger partial charge >= 0.3 is 5.97 Å². The average Bonchev–Trinajstić information content (AvgIpc) is 2.37. The van der Waals surface area contributed by atoms with E-state index in [1.54, 1.807) is 0 Å². The van der Waals surface area contributed by atoms with Crippen LogP contribution in [0.5, 0.6) is 0 Å². The zero-order valence-corrected chi connectivity index (χ0v) is 17.2. The SMILES string of the molecule is CC(C)(C)C(=O)OCCCCCCCCCCC[Si](C)(C)Cl. The van der Waals surface area contributed by atoms with E-state index in [9.17, 15) is 4.79 Å². The van der Waals surface area contributed by atoms with Gasteiger partial charge in [-0.05, 0) is 33.2 Å². The van der Waals surface area contributed by atoms with Crippen molar-refractivity contribution in [2.75, 3.05) is 6.61 Å². The van der Waals surface area contributed by atoms with Crippen LogP contribution < -0.4 is 0 Å². The minimum Gasteiger partial charge on any atom is -0.465 e. The number of esters is 1. The maximum absolute atomic E-state index is 11.6. The standard InChI is InChI=1S/C18H37ClO2Si/c1-18(2,3)17(20)21-15-13-11-9-7-6-8-10-12-14-16-22(4,5)19/h6-16H2,1-5H3. The second-order valence-corrected chi connectivity index (χ2v) is 15.0. The monoisotopic (exact) mass is 348 g/mol. The zero-order chi connectivity index (χ0) is 17.1. The Balaban J connectivity index is 3.23. The molecule has 0 bridgehead atoms. The molecular formula is C18H37ClO2Si. The number of unbranched alkanes of at least 4 members (excludes halogenated alkanes) is 8. The highest BCUT2D eigenvalue weighted by atomic mass is 35.6. The van der Waals surface area contributed by atoms with E-state index in [1.165, 1.54) is 57.4 Å². The van der Waals surface area contributed by atoms with Gasteiger partial charge in [0, 0.05) is 0 Å². The molecule has 2 nitrogen and oxygen atoms in total. The zero-order valence-electron chi connectivity index (χ0n) is 15.5. The summed E-state index contributed by atoms with van der Waals surface area (Å²) in [4.78, 5) is 11.6. The van der Waals surface area contributed by atoms with E-state index in [1.807, 2.05) is 20.8 Å². The Bertz CT molecular complexity index is 292. The molecule has 0 aliphatic carbocycles. The highest BCUT2D eigenvalue weighted by molar-refractivity contribution is 7.19. The quantitative estimate of drug-likeness (QED) is 0.173. The number of carbonyl (C=O) groups is 1. The van der Waals surface area contributed by atoms with Gasteiger partial charge < -0.3 is 4.74 Å². The van der Waals surface area contributed by atoms with Crippen LogP contribution in [0.2, 0.25) is 19.1 Å². The molecule has 0 fully saturated rings. The van der Waals surface area contributed by atoms with Crippen molar-refractivity contribution in [3.63, 3.8) is 0 Å². The van der Waals surface area contributed by atoms with Crippen LogP contribution in [0.1, 0.15) is 78.6 Å². The van der Waals surface area contributed by atoms with Crippen molar-refractivity contribution in [3.8, 4) is 0 Å². The first-order valence-corrected chi connectivity index (χ1v) is 13.2. The third kappa shape index (κ3) is 14.9. The van der Waals surface area contributed by atoms with Crippen molar-refractivity contribution in [1.82, 2.24) is 0 Å². The van der Waals surface area contributed by atoms with Crippen LogP contribution in [0.15, 0.2) is 0 Å². The molecule has 132 valence electrons. The van der Waals surface area contributed by atoms with Crippen molar-refractivity contribution in [1.29, 1.82) is 0 Å². The first kappa shape index (κ1) is 22.0. The first-order chi connectivity index (χ1) is 10.1. The Morgan fingerprint density at radius 2 is 1.27 bits per heavy atom. The predicted molar refractivity (Wildman–Crippen MR) is 100 cm³/mol. The molecule has 22 heavy (non-hydrogen) atoms. The van der Waals surface area contributed by atoms with Gasteiger partial charge in [-0.15, -0.1) is 0 Å². The summed E-state index contributed by atoms with van der Waals surface area (Å²) in [5.74, 6) is -0.0873. The van der Waals surface area contributed by atoms with Crippen molar-refractivity contribution >= 4 is 24.4 Å². The number of rotatable bonds is 12. The third-order valence-electron chi connectivity index (χ3n) is 3.76. The Kier molecular flexibility index (Phi) is 11.5. The van der Waals surface area contributed by atoms with Crippen molar-refractivity contribution in [3.05, 3.63) is 0 Å². The van der Waals surface area contributed by atoms with Gasteiger partial charge in [0.25, 0.3) is 0 Å². The molecule has 4 heteroatoms. The highest BCUT2D eigenvalue weighted by Crippen LogP contribution is 2.19. The molecule has 0 aromatic carbocycles. The minimum absolute atomic E-state index is 0.0873. The smallest absolute Gasteiger partial charge is 0.311 e. The van der Waals surface area contributed by atoms with Gasteiger partial charge in [0.15, 0.2) is 0 Å². The summed E-state index contributed by atoms with van der Waals surface area (Å²) in [5, 5.41) is 0. The number of hydrogen-bond donors (Lipinski definition) is 0. The second kappa shape index (κ2) is 11.5. The molecule has 0 atom stereocenters. The maximum Gasteiger partial charge on any atom is 0.311 e. The molecule has 0 rings (SSSR count). The Labute approximate surface area is 144 Å². The highest BCUT2D eigenvalue weighted by Gasteiger charge is 2.22. The summed E-state index contributed by atoms with van der Waals surface area (Å²) in [6, 6.07) is 1.25. The molecule has 0 spiro atoms. The lowest BCUT2D eigenvalue weighted by molar-refractivity contribution is -0.153. The van der Waals surface area contributed by atoms with Crippen LogP contribution in [0.4, 0.5) is 0 Å². The molecule has 0 aliphatic heterocycles. The van der Waals surface area contributed by atoms with Crippen molar-refractivity contribution in [2.45, 2.75) is 97.7 Å². The minimum atomic E-state index is -1.33. The fraction of sp³-hybridized carbons (Fsp3) is 0.944. The molecule has 0 saturated carbocycles. The van der Waals surface area contributed by atoms with Crippen LogP contribution in [-0.4, -0.2) is 20.0 Å². The lowest BCUT2D eigenvalue weighted by atomic mass is 9.97. The maximum atomic E-state index is 11.6. The van der Waals surface area contributed by atoms with Gasteiger partial charge in [-0.1, -0.05) is 64.5 Å². The van der Waals surface area contributed by atoms with Crippen LogP contribution in [-0.2, 0) is 9.53 Å². The Morgan fingerprint density at radius 3 is 1.68 bits per heavy atom. The summed E-state index contributed by atoms with van der Waals surface area (Å²) in [6.07, 6.45) is 11.4. The van der Waals surface area contributed by atoms with Crippen LogP contribution in [0, 0.1) is 5.41 Å². The molecule has 0 aromatic rings. The van der Waals surface area contributed by atoms with Gasteiger partial charge in [-0.2, -0.15) is 11.1 Å². The van der Waals surface area contributed by atoms with E-state index in [4.69, 9.17) is 15.8 Å². The van der Waals surface area contributed by atoms with E-state index >= 15 is 0 Å². The van der Waals surface area contributed by atoms with Gasteiger partial charge in [-0.3, -0.25) is 4.79 Å². The summed E-state index contributed by atoms with van der Waals surface area (Å²) in [6.45, 7) is 10.7. The predicted octanol–water partition coefficient (Wildman–Crippen LogP) is 6.53. The molecule has 0 aromatic heterocycles. The van der Waals surface area contributed by atoms with E-state index < -0.39 is 7.38 Å². The normalized spacial score (nSPS) is 12.5. The summed E-state index contributed by atoms with van der Waals surface area (Å²) < 4.78 is 5.26. The average molecular weight is 349 g/mol. The van der Waals surface area contributed by atoms with Crippen LogP contribution >= 0.6 is 11.1 Å². The second-order valence-electron chi connectivity index (χ2n) is 8.04. The lowest BCUT2D eigenvalue weighted by Crippen LogP contribution is -2.23. The van der Waals surface area contributed by atoms with E-state index in [2.05, 4.69) is 13.1 Å². The molecule has 0 amide bonds. The fourth-order valence-corrected chi connectivity index (χ4v) is 3.76. The summed E-state index contributed by atoms with van der Waals surface area (Å²) in [7, 11) is -1.33. The van der Waals surface area contributed by atoms with Gasteiger partial charge in [0.05, 0.1) is 12.0 Å². The number of hydrogen-bond acceptors (Lipinski definition) is 2. The van der Waals surface area contributed by atoms with Crippen LogP contribution in [0.25, 0.3) is 0 Å². The molecule has 0 aliphatic rings. The fourth-order valence-electron chi connectivity index (χ4n) is 2.27. The topological polar surface area (TPSA) is 26.3 Å². The van der Waals surface area contributed by atoms with Gasteiger partial charge in [0.1, 0.15) is 7.38 Å². The van der Waals surface area contributed by atoms with E-state index in [-0.39, 0.29) is 11.4 Å². The summed E-state index contributed by atoms with van der Waals surface area (Å²) >= 11 is 6.31. The van der Waals surface area contributed by atoms with Crippen molar-refractivity contribution in [2.24, 2.45) is 5.41 Å². The lowest BCUT2D eigenvalue weighted by Gasteiger charge is -2.16. The van der Waals surface area contributed by atoms with Gasteiger partial charge in [0.2, 0.25) is 0 Å². The Hall–Kier alpha value is -0.0231. The van der Waals surface area contributed by atoms with E-state index in [0.717, 1.165) is 6.42 Å². The number of halogens is 1. The molecule has 0 heterocycles. The first-order valence-electron chi connectivity index (χ1n) is 8.99. The molecule has 0 N–H and O–H groups in total. The third-order valence-corrected chi connectivity index (χ3v) is 5.87. The molecular weight excluding hydrogens is 312 g/mol. The molecule has 0 unspecified atom stereocenters. The molecule has 0 saturated heterocycles. The van der Waals surface area contributed by atoms with Crippen molar-refractivity contribution < 1.29 is 9.53 Å². The van der Waals surface area contributed by atoms with Gasteiger partial charge in [-0.25, -0.2) is 0 Å². The Morgan fingerprint density at radius 1 is 0.864 bits per heavy atom. The number of ether oxygens (including phenoxy) is 1. The van der Waals surface area contributed by atoms with E-state index in [0.29, 0.717) is 6.61 Å². The summed E-state index contributed by atoms with van der Waals surface area (Å²) in [5.41, 5.74) is -0.374. The van der Waals surface area contributed by atoms with Crippen LogP contribution in [0.3, 0.4) is 0 Å². The molecule has 0 radical (unpaired) electrons. The number of carbonyl (C=O) groups excluding carboxylic acids is 1.